The van der Waals surface area contributed by atoms with E-state index >= 15 is 0 Å². The third-order valence-corrected chi connectivity index (χ3v) is 3.26. The molecule has 104 valence electrons. The number of aryl methyl sites for hydroxylation is 1. The highest BCUT2D eigenvalue weighted by molar-refractivity contribution is 6.31. The first-order chi connectivity index (χ1) is 9.41. The summed E-state index contributed by atoms with van der Waals surface area (Å²) in [7, 11) is 1.47. The lowest BCUT2D eigenvalue weighted by molar-refractivity contribution is -0.385. The van der Waals surface area contributed by atoms with Gasteiger partial charge in [-0.3, -0.25) is 19.6 Å². The van der Waals surface area contributed by atoms with Gasteiger partial charge >= 0.3 is 5.69 Å². The summed E-state index contributed by atoms with van der Waals surface area (Å²) >= 11 is 5.96. The number of carbonyl (C=O) groups excluding carboxylic acids is 1. The highest BCUT2D eigenvalue weighted by Crippen LogP contribution is 2.24. The number of nitrogens with one attached hydrogen (secondary N) is 1. The minimum absolute atomic E-state index is 0.116. The van der Waals surface area contributed by atoms with Crippen LogP contribution >= 0.6 is 11.6 Å². The molecule has 1 amide bonds. The topological polar surface area (TPSA) is 90.1 Å². The van der Waals surface area contributed by atoms with Gasteiger partial charge in [-0.2, -0.15) is 5.10 Å². The van der Waals surface area contributed by atoms with E-state index in [1.807, 2.05) is 0 Å². The molecule has 0 atom stereocenters. The average Bonchev–Trinajstić information content (AvgIpc) is 2.77. The SMILES string of the molecule is Cc1c(Cl)cccc1NC(=O)c1c([N+](=O)[O-])cnn1C. The Hall–Kier alpha value is -2.41. The standard InChI is InChI=1S/C12H11ClN4O3/c1-7-8(13)4-3-5-9(7)15-12(18)11-10(17(19)20)6-14-16(11)2/h3-6H,1-2H3,(H,15,18). The van der Waals surface area contributed by atoms with Crippen molar-refractivity contribution in [3.8, 4) is 0 Å². The third kappa shape index (κ3) is 2.48. The van der Waals surface area contributed by atoms with Gasteiger partial charge in [0.05, 0.1) is 4.92 Å². The summed E-state index contributed by atoms with van der Waals surface area (Å²) in [4.78, 5) is 22.4. The van der Waals surface area contributed by atoms with Gasteiger partial charge in [-0.15, -0.1) is 0 Å². The van der Waals surface area contributed by atoms with Gasteiger partial charge in [-0.1, -0.05) is 17.7 Å². The summed E-state index contributed by atoms with van der Waals surface area (Å²) in [5, 5.41) is 17.7. The number of aromatic nitrogens is 2. The Morgan fingerprint density at radius 3 is 2.85 bits per heavy atom. The number of halogens is 1. The molecule has 1 heterocycles. The van der Waals surface area contributed by atoms with Crippen LogP contribution in [0.4, 0.5) is 11.4 Å². The van der Waals surface area contributed by atoms with E-state index in [1.165, 1.54) is 7.05 Å². The second-order valence-electron chi connectivity index (χ2n) is 4.13. The summed E-state index contributed by atoms with van der Waals surface area (Å²) in [5.41, 5.74) is 0.726. The molecular weight excluding hydrogens is 284 g/mol. The Morgan fingerprint density at radius 1 is 1.50 bits per heavy atom. The molecule has 0 spiro atoms. The predicted octanol–water partition coefficient (Wildman–Crippen LogP) is 2.54. The van der Waals surface area contributed by atoms with E-state index in [-0.39, 0.29) is 11.4 Å². The van der Waals surface area contributed by atoms with Crippen molar-refractivity contribution in [3.63, 3.8) is 0 Å². The summed E-state index contributed by atoms with van der Waals surface area (Å²) in [5.74, 6) is -0.609. The van der Waals surface area contributed by atoms with E-state index < -0.39 is 10.8 Å². The summed E-state index contributed by atoms with van der Waals surface area (Å²) in [6.07, 6.45) is 1.04. The first-order valence-corrected chi connectivity index (χ1v) is 6.02. The molecule has 2 aromatic rings. The molecule has 8 heteroatoms. The second kappa shape index (κ2) is 5.30. The maximum absolute atomic E-state index is 12.2. The summed E-state index contributed by atoms with van der Waals surface area (Å²) in [6, 6.07) is 5.04. The van der Waals surface area contributed by atoms with Crippen molar-refractivity contribution in [1.82, 2.24) is 9.78 Å². The molecule has 0 aliphatic heterocycles. The van der Waals surface area contributed by atoms with Gasteiger partial charge in [0.2, 0.25) is 5.69 Å². The molecule has 0 radical (unpaired) electrons. The number of nitrogens with zero attached hydrogens (tertiary/aromatic N) is 3. The fraction of sp³-hybridized carbons (Fsp3) is 0.167. The zero-order valence-electron chi connectivity index (χ0n) is 10.8. The fourth-order valence-electron chi connectivity index (χ4n) is 1.75. The summed E-state index contributed by atoms with van der Waals surface area (Å²) in [6.45, 7) is 1.75. The molecule has 7 nitrogen and oxygen atoms in total. The van der Waals surface area contributed by atoms with Gasteiger partial charge in [-0.25, -0.2) is 0 Å². The van der Waals surface area contributed by atoms with Gasteiger partial charge in [0.15, 0.2) is 0 Å². The molecule has 0 unspecified atom stereocenters. The zero-order chi connectivity index (χ0) is 14.9. The van der Waals surface area contributed by atoms with Crippen LogP contribution < -0.4 is 5.32 Å². The van der Waals surface area contributed by atoms with Crippen molar-refractivity contribution in [2.45, 2.75) is 6.92 Å². The van der Waals surface area contributed by atoms with E-state index in [9.17, 15) is 14.9 Å². The molecule has 0 bridgehead atoms. The van der Waals surface area contributed by atoms with Gasteiger partial charge in [-0.05, 0) is 24.6 Å². The van der Waals surface area contributed by atoms with E-state index in [2.05, 4.69) is 10.4 Å². The van der Waals surface area contributed by atoms with Crippen LogP contribution in [-0.4, -0.2) is 20.6 Å². The average molecular weight is 295 g/mol. The lowest BCUT2D eigenvalue weighted by atomic mass is 10.2. The van der Waals surface area contributed by atoms with Crippen LogP contribution in [0.1, 0.15) is 16.1 Å². The van der Waals surface area contributed by atoms with E-state index in [4.69, 9.17) is 11.6 Å². The number of benzene rings is 1. The number of rotatable bonds is 3. The number of anilines is 1. The van der Waals surface area contributed by atoms with Crippen LogP contribution in [0.2, 0.25) is 5.02 Å². The minimum atomic E-state index is -0.646. The second-order valence-corrected chi connectivity index (χ2v) is 4.53. The van der Waals surface area contributed by atoms with Crippen molar-refractivity contribution in [2.75, 3.05) is 5.32 Å². The molecule has 0 saturated heterocycles. The van der Waals surface area contributed by atoms with Crippen molar-refractivity contribution < 1.29 is 9.72 Å². The molecule has 1 N–H and O–H groups in total. The first-order valence-electron chi connectivity index (χ1n) is 5.64. The molecule has 2 rings (SSSR count). The smallest absolute Gasteiger partial charge is 0.320 e. The Bertz CT molecular complexity index is 696. The normalized spacial score (nSPS) is 10.3. The van der Waals surface area contributed by atoms with Crippen molar-refractivity contribution >= 4 is 28.9 Å². The number of hydrogen-bond donors (Lipinski definition) is 1. The highest BCUT2D eigenvalue weighted by atomic mass is 35.5. The largest absolute Gasteiger partial charge is 0.320 e. The van der Waals surface area contributed by atoms with Crippen LogP contribution in [0.5, 0.6) is 0 Å². The third-order valence-electron chi connectivity index (χ3n) is 2.85. The van der Waals surface area contributed by atoms with Gasteiger partial charge in [0.25, 0.3) is 5.91 Å². The van der Waals surface area contributed by atoms with E-state index in [0.717, 1.165) is 10.9 Å². The maximum Gasteiger partial charge on any atom is 0.320 e. The van der Waals surface area contributed by atoms with Gasteiger partial charge < -0.3 is 5.32 Å². The van der Waals surface area contributed by atoms with Crippen LogP contribution in [-0.2, 0) is 7.05 Å². The molecule has 0 aliphatic rings. The summed E-state index contributed by atoms with van der Waals surface area (Å²) < 4.78 is 1.16. The molecule has 0 saturated carbocycles. The number of carbonyl (C=O) groups is 1. The zero-order valence-corrected chi connectivity index (χ0v) is 11.5. The lowest BCUT2D eigenvalue weighted by Crippen LogP contribution is -2.18. The lowest BCUT2D eigenvalue weighted by Gasteiger charge is -2.09. The number of nitro groups is 1. The Morgan fingerprint density at radius 2 is 2.20 bits per heavy atom. The Labute approximate surface area is 119 Å². The van der Waals surface area contributed by atoms with Gasteiger partial charge in [0, 0.05) is 17.8 Å². The first kappa shape index (κ1) is 14.0. The van der Waals surface area contributed by atoms with Crippen LogP contribution in [0.15, 0.2) is 24.4 Å². The molecule has 0 aliphatic carbocycles. The molecular formula is C12H11ClN4O3. The number of hydrogen-bond acceptors (Lipinski definition) is 4. The fourth-order valence-corrected chi connectivity index (χ4v) is 1.92. The number of amides is 1. The highest BCUT2D eigenvalue weighted by Gasteiger charge is 2.25. The molecule has 1 aromatic carbocycles. The van der Waals surface area contributed by atoms with Crippen LogP contribution in [0.3, 0.4) is 0 Å². The Kier molecular flexibility index (Phi) is 3.71. The molecule has 20 heavy (non-hydrogen) atoms. The predicted molar refractivity (Wildman–Crippen MR) is 74.0 cm³/mol. The molecule has 1 aromatic heterocycles. The van der Waals surface area contributed by atoms with Crippen molar-refractivity contribution in [3.05, 3.63) is 50.8 Å². The van der Waals surface area contributed by atoms with E-state index in [1.54, 1.807) is 25.1 Å². The quantitative estimate of drug-likeness (QED) is 0.695. The van der Waals surface area contributed by atoms with Crippen LogP contribution in [0, 0.1) is 17.0 Å². The van der Waals surface area contributed by atoms with Crippen LogP contribution in [0.25, 0.3) is 0 Å². The van der Waals surface area contributed by atoms with Crippen molar-refractivity contribution in [1.29, 1.82) is 0 Å². The van der Waals surface area contributed by atoms with E-state index in [0.29, 0.717) is 16.3 Å². The Balaban J connectivity index is 2.36. The maximum atomic E-state index is 12.2. The monoisotopic (exact) mass is 294 g/mol. The van der Waals surface area contributed by atoms with Crippen molar-refractivity contribution in [2.24, 2.45) is 7.05 Å². The molecule has 0 fully saturated rings. The van der Waals surface area contributed by atoms with Gasteiger partial charge in [0.1, 0.15) is 6.20 Å². The minimum Gasteiger partial charge on any atom is -0.320 e.